The summed E-state index contributed by atoms with van der Waals surface area (Å²) in [4.78, 5) is 30.2. The van der Waals surface area contributed by atoms with Crippen LogP contribution in [0, 0.1) is 0 Å². The van der Waals surface area contributed by atoms with Crippen molar-refractivity contribution in [3.8, 4) is 0 Å². The minimum Gasteiger partial charge on any atom is -0.442 e. The molecule has 1 saturated heterocycles. The highest BCUT2D eigenvalue weighted by Crippen LogP contribution is 2.21. The third kappa shape index (κ3) is 6.36. The second-order valence-corrected chi connectivity index (χ2v) is 7.79. The number of ether oxygens (including phenoxy) is 1. The van der Waals surface area contributed by atoms with Crippen LogP contribution in [0.4, 0.5) is 16.3 Å². The summed E-state index contributed by atoms with van der Waals surface area (Å²) in [6.07, 6.45) is 2.93. The van der Waals surface area contributed by atoms with Crippen molar-refractivity contribution in [1.82, 2.24) is 15.6 Å². The van der Waals surface area contributed by atoms with E-state index in [1.807, 2.05) is 12.1 Å². The predicted molar refractivity (Wildman–Crippen MR) is 119 cm³/mol. The van der Waals surface area contributed by atoms with E-state index in [0.29, 0.717) is 18.8 Å². The van der Waals surface area contributed by atoms with Gasteiger partial charge in [-0.05, 0) is 36.1 Å². The molecule has 1 aliphatic rings. The standard InChI is InChI=1S/C21H27N5O3S/c1-15(27)24-13-18-14-26(21(28)29-18)17-5-8-20(25-12-17)23-10-9-22-11-16-3-6-19(30-2)7-4-16/h3-8,12,18,22H,9-11,13-14H2,1-2H3,(H,23,25)(H,24,27)/t18-/m0/s1. The quantitative estimate of drug-likeness (QED) is 0.394. The number of nitrogens with zero attached hydrogens (tertiary/aromatic N) is 2. The fourth-order valence-electron chi connectivity index (χ4n) is 3.00. The van der Waals surface area contributed by atoms with Gasteiger partial charge < -0.3 is 20.7 Å². The maximum atomic E-state index is 12.0. The number of cyclic esters (lactones) is 1. The molecule has 2 amide bonds. The van der Waals surface area contributed by atoms with E-state index in [1.54, 1.807) is 18.0 Å². The summed E-state index contributed by atoms with van der Waals surface area (Å²) in [6, 6.07) is 12.2. The lowest BCUT2D eigenvalue weighted by Gasteiger charge is -2.13. The molecule has 0 aliphatic carbocycles. The molecule has 1 fully saturated rings. The van der Waals surface area contributed by atoms with Gasteiger partial charge in [0.1, 0.15) is 11.9 Å². The zero-order valence-electron chi connectivity index (χ0n) is 17.2. The molecule has 2 heterocycles. The molecule has 1 aliphatic heterocycles. The Morgan fingerprint density at radius 1 is 1.23 bits per heavy atom. The van der Waals surface area contributed by atoms with Crippen molar-refractivity contribution in [2.75, 3.05) is 42.7 Å². The van der Waals surface area contributed by atoms with Gasteiger partial charge in [-0.2, -0.15) is 0 Å². The molecule has 0 spiro atoms. The van der Waals surface area contributed by atoms with E-state index in [9.17, 15) is 9.59 Å². The lowest BCUT2D eigenvalue weighted by molar-refractivity contribution is -0.119. The maximum absolute atomic E-state index is 12.0. The number of carbonyl (C=O) groups is 2. The van der Waals surface area contributed by atoms with Crippen molar-refractivity contribution in [1.29, 1.82) is 0 Å². The molecule has 30 heavy (non-hydrogen) atoms. The molecule has 2 aromatic rings. The van der Waals surface area contributed by atoms with E-state index in [2.05, 4.69) is 51.5 Å². The summed E-state index contributed by atoms with van der Waals surface area (Å²) < 4.78 is 5.27. The third-order valence-corrected chi connectivity index (χ3v) is 5.35. The first kappa shape index (κ1) is 21.9. The largest absolute Gasteiger partial charge is 0.442 e. The van der Waals surface area contributed by atoms with E-state index in [0.717, 1.165) is 25.5 Å². The van der Waals surface area contributed by atoms with Gasteiger partial charge in [0.15, 0.2) is 0 Å². The fourth-order valence-corrected chi connectivity index (χ4v) is 3.41. The smallest absolute Gasteiger partial charge is 0.414 e. The highest BCUT2D eigenvalue weighted by molar-refractivity contribution is 7.98. The Balaban J connectivity index is 1.39. The van der Waals surface area contributed by atoms with Crippen LogP contribution in [-0.4, -0.2) is 55.5 Å². The average Bonchev–Trinajstić information content (AvgIpc) is 3.13. The lowest BCUT2D eigenvalue weighted by Crippen LogP contribution is -2.33. The molecule has 0 unspecified atom stereocenters. The number of rotatable bonds is 10. The van der Waals surface area contributed by atoms with Gasteiger partial charge in [-0.3, -0.25) is 9.69 Å². The van der Waals surface area contributed by atoms with Crippen molar-refractivity contribution in [3.05, 3.63) is 48.2 Å². The van der Waals surface area contributed by atoms with Crippen LogP contribution in [0.2, 0.25) is 0 Å². The van der Waals surface area contributed by atoms with Gasteiger partial charge in [0, 0.05) is 31.5 Å². The topological polar surface area (TPSA) is 95.6 Å². The second-order valence-electron chi connectivity index (χ2n) is 6.91. The zero-order chi connectivity index (χ0) is 21.3. The number of carbonyl (C=O) groups excluding carboxylic acids is 2. The van der Waals surface area contributed by atoms with Gasteiger partial charge in [-0.25, -0.2) is 9.78 Å². The summed E-state index contributed by atoms with van der Waals surface area (Å²) in [5, 5.41) is 9.32. The van der Waals surface area contributed by atoms with E-state index in [-0.39, 0.29) is 12.0 Å². The second kappa shape index (κ2) is 10.8. The van der Waals surface area contributed by atoms with Crippen LogP contribution in [-0.2, 0) is 16.1 Å². The fraction of sp³-hybridized carbons (Fsp3) is 0.381. The third-order valence-electron chi connectivity index (χ3n) is 4.61. The van der Waals surface area contributed by atoms with Crippen LogP contribution in [0.5, 0.6) is 0 Å². The molecule has 1 aromatic heterocycles. The number of benzene rings is 1. The van der Waals surface area contributed by atoms with Crippen molar-refractivity contribution in [2.45, 2.75) is 24.5 Å². The van der Waals surface area contributed by atoms with Crippen molar-refractivity contribution in [2.24, 2.45) is 0 Å². The minimum atomic E-state index is -0.428. The Morgan fingerprint density at radius 2 is 2.03 bits per heavy atom. The van der Waals surface area contributed by atoms with E-state index in [4.69, 9.17) is 4.74 Å². The van der Waals surface area contributed by atoms with Gasteiger partial charge >= 0.3 is 6.09 Å². The minimum absolute atomic E-state index is 0.149. The molecule has 1 aromatic carbocycles. The molecule has 0 bridgehead atoms. The predicted octanol–water partition coefficient (Wildman–Crippen LogP) is 2.47. The van der Waals surface area contributed by atoms with E-state index >= 15 is 0 Å². The molecule has 160 valence electrons. The number of nitrogens with one attached hydrogen (secondary N) is 3. The summed E-state index contributed by atoms with van der Waals surface area (Å²) in [7, 11) is 0. The van der Waals surface area contributed by atoms with Crippen LogP contribution >= 0.6 is 11.8 Å². The summed E-state index contributed by atoms with van der Waals surface area (Å²) in [6.45, 7) is 4.48. The van der Waals surface area contributed by atoms with Crippen LogP contribution in [0.25, 0.3) is 0 Å². The molecule has 3 N–H and O–H groups in total. The Bertz CT molecular complexity index is 845. The van der Waals surface area contributed by atoms with E-state index in [1.165, 1.54) is 22.3 Å². The maximum Gasteiger partial charge on any atom is 0.414 e. The van der Waals surface area contributed by atoms with Gasteiger partial charge in [0.25, 0.3) is 0 Å². The summed E-state index contributed by atoms with van der Waals surface area (Å²) in [5.74, 6) is 0.594. The number of aromatic nitrogens is 1. The number of hydrogen-bond donors (Lipinski definition) is 3. The summed E-state index contributed by atoms with van der Waals surface area (Å²) in [5.41, 5.74) is 1.92. The number of thioether (sulfide) groups is 1. The highest BCUT2D eigenvalue weighted by Gasteiger charge is 2.32. The molecular formula is C21H27N5O3S. The van der Waals surface area contributed by atoms with E-state index < -0.39 is 6.09 Å². The van der Waals surface area contributed by atoms with Crippen LogP contribution in [0.1, 0.15) is 12.5 Å². The van der Waals surface area contributed by atoms with Crippen molar-refractivity contribution >= 4 is 35.3 Å². The molecule has 9 heteroatoms. The van der Waals surface area contributed by atoms with Gasteiger partial charge in [-0.1, -0.05) is 12.1 Å². The summed E-state index contributed by atoms with van der Waals surface area (Å²) >= 11 is 1.74. The van der Waals surface area contributed by atoms with Crippen molar-refractivity contribution < 1.29 is 14.3 Å². The number of hydrogen-bond acceptors (Lipinski definition) is 7. The number of pyridine rings is 1. The van der Waals surface area contributed by atoms with Gasteiger partial charge in [-0.15, -0.1) is 11.8 Å². The molecular weight excluding hydrogens is 402 g/mol. The van der Waals surface area contributed by atoms with Crippen LogP contribution in [0.3, 0.4) is 0 Å². The molecule has 1 atom stereocenters. The Hall–Kier alpha value is -2.78. The van der Waals surface area contributed by atoms with Crippen LogP contribution in [0.15, 0.2) is 47.5 Å². The molecule has 8 nitrogen and oxygen atoms in total. The van der Waals surface area contributed by atoms with Gasteiger partial charge in [0.05, 0.1) is 25.0 Å². The monoisotopic (exact) mass is 429 g/mol. The van der Waals surface area contributed by atoms with Crippen LogP contribution < -0.4 is 20.9 Å². The van der Waals surface area contributed by atoms with Crippen molar-refractivity contribution in [3.63, 3.8) is 0 Å². The Labute approximate surface area is 180 Å². The Kier molecular flexibility index (Phi) is 7.92. The highest BCUT2D eigenvalue weighted by atomic mass is 32.2. The first-order chi connectivity index (χ1) is 14.5. The molecule has 0 radical (unpaired) electrons. The zero-order valence-corrected chi connectivity index (χ0v) is 18.0. The SMILES string of the molecule is CSc1ccc(CNCCNc2ccc(N3C[C@H](CNC(C)=O)OC3=O)cn2)cc1. The normalized spacial score (nSPS) is 15.7. The number of anilines is 2. The first-order valence-corrected chi connectivity index (χ1v) is 11.0. The molecule has 3 rings (SSSR count). The first-order valence-electron chi connectivity index (χ1n) is 9.81. The Morgan fingerprint density at radius 3 is 2.70 bits per heavy atom. The number of amides is 2. The van der Waals surface area contributed by atoms with Gasteiger partial charge in [0.2, 0.25) is 5.91 Å². The average molecular weight is 430 g/mol. The molecule has 0 saturated carbocycles. The lowest BCUT2D eigenvalue weighted by atomic mass is 10.2.